The van der Waals surface area contributed by atoms with Gasteiger partial charge in [0.1, 0.15) is 21.9 Å². The van der Waals surface area contributed by atoms with Crippen molar-refractivity contribution in [2.75, 3.05) is 29.6 Å². The summed E-state index contributed by atoms with van der Waals surface area (Å²) in [6, 6.07) is 9.11. The number of carbonyl (C=O) groups excluding carboxylic acids is 2. The fourth-order valence-corrected chi connectivity index (χ4v) is 11.2. The van der Waals surface area contributed by atoms with Gasteiger partial charge in [0, 0.05) is 43.0 Å². The van der Waals surface area contributed by atoms with E-state index in [4.69, 9.17) is 14.8 Å². The summed E-state index contributed by atoms with van der Waals surface area (Å²) in [6.45, 7) is 6.60. The Bertz CT molecular complexity index is 2340. The molecule has 4 saturated carbocycles. The van der Waals surface area contributed by atoms with Crippen LogP contribution in [0.3, 0.4) is 0 Å². The Hall–Kier alpha value is -5.03. The van der Waals surface area contributed by atoms with E-state index in [1.54, 1.807) is 43.4 Å². The highest BCUT2D eigenvalue weighted by atomic mass is 32.2. The van der Waals surface area contributed by atoms with E-state index in [-0.39, 0.29) is 30.6 Å². The minimum absolute atomic E-state index is 0.000555. The first-order valence-electron chi connectivity index (χ1n) is 19.2. The lowest BCUT2D eigenvalue weighted by Crippen LogP contribution is -2.48. The summed E-state index contributed by atoms with van der Waals surface area (Å²) in [4.78, 5) is 42.0. The fraction of sp³-hybridized carbons (Fsp3) is 0.487. The van der Waals surface area contributed by atoms with Gasteiger partial charge >= 0.3 is 5.97 Å². The highest BCUT2D eigenvalue weighted by molar-refractivity contribution is 7.90. The van der Waals surface area contributed by atoms with Crippen LogP contribution in [-0.2, 0) is 26.1 Å². The number of fused-ring (bicyclic) bond motifs is 1. The molecule has 0 aromatic carbocycles. The van der Waals surface area contributed by atoms with Gasteiger partial charge in [0.05, 0.1) is 18.6 Å². The number of pyridine rings is 2. The molecule has 1 amide bonds. The third-order valence-corrected chi connectivity index (χ3v) is 13.8. The van der Waals surface area contributed by atoms with Crippen molar-refractivity contribution in [3.63, 3.8) is 0 Å². The number of ether oxygens (including phenoxy) is 1. The zero-order valence-corrected chi connectivity index (χ0v) is 33.6. The topological polar surface area (TPSA) is 187 Å². The minimum atomic E-state index is -4.12. The first kappa shape index (κ1) is 37.9. The van der Waals surface area contributed by atoms with Crippen molar-refractivity contribution < 1.29 is 22.7 Å². The molecule has 0 spiro atoms. The Labute approximate surface area is 329 Å². The van der Waals surface area contributed by atoms with Crippen molar-refractivity contribution in [1.29, 1.82) is 0 Å². The van der Waals surface area contributed by atoms with Gasteiger partial charge in [-0.3, -0.25) is 14.3 Å². The van der Waals surface area contributed by atoms with E-state index >= 15 is 0 Å². The van der Waals surface area contributed by atoms with E-state index < -0.39 is 27.7 Å². The maximum atomic E-state index is 14.0. The molecule has 0 unspecified atom stereocenters. The second kappa shape index (κ2) is 15.1. The molecule has 0 saturated heterocycles. The number of amides is 1. The molecular weight excluding hydrogens is 753 g/mol. The Morgan fingerprint density at radius 1 is 1.02 bits per heavy atom. The van der Waals surface area contributed by atoms with E-state index in [9.17, 15) is 18.0 Å². The number of aromatic nitrogens is 7. The molecule has 0 radical (unpaired) electrons. The van der Waals surface area contributed by atoms with E-state index in [1.165, 1.54) is 49.9 Å². The van der Waals surface area contributed by atoms with Gasteiger partial charge in [-0.2, -0.15) is 5.10 Å². The number of anilines is 4. The number of sulfonamides is 1. The number of carbonyl (C=O) groups is 2. The molecule has 5 aromatic heterocycles. The lowest BCUT2D eigenvalue weighted by molar-refractivity contribution is -0.143. The Kier molecular flexibility index (Phi) is 10.2. The van der Waals surface area contributed by atoms with E-state index in [2.05, 4.69) is 34.9 Å². The summed E-state index contributed by atoms with van der Waals surface area (Å²) in [5.41, 5.74) is 3.80. The second-order valence-corrected chi connectivity index (χ2v) is 18.5. The van der Waals surface area contributed by atoms with Gasteiger partial charge < -0.3 is 15.0 Å². The lowest BCUT2D eigenvalue weighted by atomic mass is 9.49. The van der Waals surface area contributed by atoms with Crippen LogP contribution >= 0.6 is 11.3 Å². The minimum Gasteiger partial charge on any atom is -0.466 e. The van der Waals surface area contributed by atoms with Crippen molar-refractivity contribution in [3.05, 3.63) is 59.7 Å². The molecule has 17 heteroatoms. The average molecular weight is 799 g/mol. The normalized spacial score (nSPS) is 21.3. The smallest absolute Gasteiger partial charge is 0.305 e. The molecule has 4 fully saturated rings. The molecule has 0 atom stereocenters. The van der Waals surface area contributed by atoms with Crippen LogP contribution in [0.2, 0.25) is 0 Å². The van der Waals surface area contributed by atoms with Gasteiger partial charge in [0.2, 0.25) is 10.0 Å². The lowest BCUT2D eigenvalue weighted by Gasteiger charge is -2.56. The molecule has 5 heterocycles. The maximum absolute atomic E-state index is 14.0. The monoisotopic (exact) mass is 798 g/mol. The zero-order valence-electron chi connectivity index (χ0n) is 32.0. The van der Waals surface area contributed by atoms with Crippen LogP contribution in [0.25, 0.3) is 21.5 Å². The molecule has 0 aliphatic heterocycles. The number of hydrogen-bond acceptors (Lipinski definition) is 14. The number of nitrogens with zero attached hydrogens (tertiary/aromatic N) is 8. The number of aryl methyl sites for hydroxylation is 1. The molecule has 4 aliphatic carbocycles. The molecule has 4 bridgehead atoms. The zero-order chi connectivity index (χ0) is 39.2. The van der Waals surface area contributed by atoms with Crippen molar-refractivity contribution in [3.8, 4) is 11.1 Å². The van der Waals surface area contributed by atoms with Gasteiger partial charge in [0.25, 0.3) is 5.91 Å². The number of rotatable bonds is 14. The highest BCUT2D eigenvalue weighted by Gasteiger charge is 2.51. The summed E-state index contributed by atoms with van der Waals surface area (Å²) in [5, 5.41) is 17.6. The number of esters is 1. The highest BCUT2D eigenvalue weighted by Crippen LogP contribution is 2.60. The van der Waals surface area contributed by atoms with Gasteiger partial charge in [-0.15, -0.1) is 10.2 Å². The summed E-state index contributed by atoms with van der Waals surface area (Å²) in [6.07, 6.45) is 11.2. The number of nitrogens with one attached hydrogen (secondary N) is 2. The first-order chi connectivity index (χ1) is 26.9. The van der Waals surface area contributed by atoms with Crippen molar-refractivity contribution in [2.45, 2.75) is 78.7 Å². The molecule has 294 valence electrons. The molecule has 5 aromatic rings. The first-order valence-corrected chi connectivity index (χ1v) is 21.7. The van der Waals surface area contributed by atoms with Crippen LogP contribution in [0, 0.1) is 37.0 Å². The van der Waals surface area contributed by atoms with Crippen LogP contribution in [0.5, 0.6) is 0 Å². The van der Waals surface area contributed by atoms with Crippen molar-refractivity contribution in [2.24, 2.45) is 23.2 Å². The quantitative estimate of drug-likeness (QED) is 0.116. The van der Waals surface area contributed by atoms with Crippen LogP contribution < -0.4 is 14.9 Å². The van der Waals surface area contributed by atoms with Gasteiger partial charge in [-0.25, -0.2) is 28.1 Å². The standard InChI is InChI=1S/C39H46N10O5S2/c1-5-54-33(50)9-7-13-56(52,53)47-36(51)34-28(29-21-41-49(24(29)3)22-39-18-25-15-26(19-39)17-27(16-25)20-39)10-11-31(43-34)48(4)32-14-23(2)35(46-45-32)44-38-42-30-8-6-12-40-37(30)55-38/h6,8,10-12,14,21,25-27H,5,7,9,13,15-20,22H2,1-4H3,(H,47,51)(H,42,44,46). The van der Waals surface area contributed by atoms with Crippen molar-refractivity contribution in [1.82, 2.24) is 39.7 Å². The maximum Gasteiger partial charge on any atom is 0.305 e. The second-order valence-electron chi connectivity index (χ2n) is 15.7. The van der Waals surface area contributed by atoms with Crippen LogP contribution in [0.15, 0.2) is 42.7 Å². The van der Waals surface area contributed by atoms with Crippen LogP contribution in [-0.4, -0.2) is 74.6 Å². The Morgan fingerprint density at radius 2 is 1.77 bits per heavy atom. The predicted molar refractivity (Wildman–Crippen MR) is 213 cm³/mol. The predicted octanol–water partition coefficient (Wildman–Crippen LogP) is 6.49. The molecular formula is C39H46N10O5S2. The third kappa shape index (κ3) is 7.83. The third-order valence-electron chi connectivity index (χ3n) is 11.5. The Morgan fingerprint density at radius 3 is 2.46 bits per heavy atom. The van der Waals surface area contributed by atoms with Gasteiger partial charge in [0.15, 0.2) is 16.8 Å². The average Bonchev–Trinajstić information content (AvgIpc) is 3.73. The molecule has 2 N–H and O–H groups in total. The number of hydrogen-bond donors (Lipinski definition) is 2. The summed E-state index contributed by atoms with van der Waals surface area (Å²) < 4.78 is 35.5. The van der Waals surface area contributed by atoms with E-state index in [0.29, 0.717) is 33.7 Å². The molecule has 4 aliphatic rings. The fourth-order valence-electron chi connectivity index (χ4n) is 9.38. The van der Waals surface area contributed by atoms with E-state index in [0.717, 1.165) is 45.9 Å². The van der Waals surface area contributed by atoms with Crippen LogP contribution in [0.4, 0.5) is 22.6 Å². The number of thiazole rings is 1. The van der Waals surface area contributed by atoms with Gasteiger partial charge in [-0.05, 0) is 125 Å². The summed E-state index contributed by atoms with van der Waals surface area (Å²) >= 11 is 1.41. The van der Waals surface area contributed by atoms with Crippen molar-refractivity contribution >= 4 is 66.2 Å². The molecule has 9 rings (SSSR count). The molecule has 15 nitrogen and oxygen atoms in total. The molecule has 56 heavy (non-hydrogen) atoms. The summed E-state index contributed by atoms with van der Waals surface area (Å²) in [7, 11) is -2.37. The Balaban J connectivity index is 1.07. The van der Waals surface area contributed by atoms with Gasteiger partial charge in [-0.1, -0.05) is 11.3 Å². The van der Waals surface area contributed by atoms with E-state index in [1.807, 2.05) is 32.0 Å². The SMILES string of the molecule is CCOC(=O)CCCS(=O)(=O)NC(=O)c1nc(N(C)c2cc(C)c(Nc3nc4cccnc4s3)nn2)ccc1-c1cnn(CC23CC4CC(CC(C4)C2)C3)c1C. The van der Waals surface area contributed by atoms with Crippen LogP contribution in [0.1, 0.15) is 80.0 Å². The largest absolute Gasteiger partial charge is 0.466 e. The summed E-state index contributed by atoms with van der Waals surface area (Å²) in [5.74, 6) is 1.93.